The highest BCUT2D eigenvalue weighted by molar-refractivity contribution is 5.71. The zero-order valence-electron chi connectivity index (χ0n) is 41.4. The molecular weight excluding hydrogens is 769 g/mol. The minimum Gasteiger partial charge on any atom is -0.462 e. The summed E-state index contributed by atoms with van der Waals surface area (Å²) in [5.74, 6) is -0.890. The van der Waals surface area contributed by atoms with Gasteiger partial charge in [-0.3, -0.25) is 14.4 Å². The van der Waals surface area contributed by atoms with Crippen LogP contribution in [0.1, 0.15) is 284 Å². The van der Waals surface area contributed by atoms with Crippen LogP contribution in [0.3, 0.4) is 0 Å². The summed E-state index contributed by atoms with van der Waals surface area (Å²) in [5.41, 5.74) is 0. The molecule has 6 heteroatoms. The Hall–Kier alpha value is -2.37. The molecular formula is C56H102O6. The van der Waals surface area contributed by atoms with E-state index in [4.69, 9.17) is 14.2 Å². The Labute approximate surface area is 385 Å². The van der Waals surface area contributed by atoms with Crippen LogP contribution in [-0.4, -0.2) is 37.2 Å². The molecule has 0 aliphatic heterocycles. The Bertz CT molecular complexity index is 1050. The first-order chi connectivity index (χ1) is 30.5. The van der Waals surface area contributed by atoms with Crippen molar-refractivity contribution in [3.63, 3.8) is 0 Å². The van der Waals surface area contributed by atoms with Gasteiger partial charge in [-0.1, -0.05) is 205 Å². The third kappa shape index (κ3) is 48.7. The molecule has 0 rings (SSSR count). The summed E-state index contributed by atoms with van der Waals surface area (Å²) >= 11 is 0. The van der Waals surface area contributed by atoms with Crippen molar-refractivity contribution < 1.29 is 28.6 Å². The third-order valence-corrected chi connectivity index (χ3v) is 11.8. The first-order valence-electron chi connectivity index (χ1n) is 27.0. The SMILES string of the molecule is CCCCCC/C=C\CCCCCCCC(=O)OC[C@H](COC(=O)CCCCCCCCC/C=C\CCCCCCCC)OC(=O)CCCCCCC/C=C\CCCCCCC. The van der Waals surface area contributed by atoms with Crippen molar-refractivity contribution in [1.29, 1.82) is 0 Å². The van der Waals surface area contributed by atoms with Gasteiger partial charge >= 0.3 is 17.9 Å². The first-order valence-corrected chi connectivity index (χ1v) is 27.0. The van der Waals surface area contributed by atoms with Crippen molar-refractivity contribution in [2.24, 2.45) is 0 Å². The lowest BCUT2D eigenvalue weighted by Crippen LogP contribution is -2.30. The summed E-state index contributed by atoms with van der Waals surface area (Å²) in [4.78, 5) is 38.0. The highest BCUT2D eigenvalue weighted by Gasteiger charge is 2.19. The van der Waals surface area contributed by atoms with Crippen molar-refractivity contribution >= 4 is 17.9 Å². The fourth-order valence-electron chi connectivity index (χ4n) is 7.72. The first kappa shape index (κ1) is 59.6. The lowest BCUT2D eigenvalue weighted by Gasteiger charge is -2.18. The summed E-state index contributed by atoms with van der Waals surface area (Å²) in [6.45, 7) is 6.61. The molecule has 0 unspecified atom stereocenters. The van der Waals surface area contributed by atoms with Crippen LogP contribution >= 0.6 is 0 Å². The average molecular weight is 871 g/mol. The maximum Gasteiger partial charge on any atom is 0.306 e. The van der Waals surface area contributed by atoms with Crippen LogP contribution in [0.15, 0.2) is 36.5 Å². The van der Waals surface area contributed by atoms with E-state index >= 15 is 0 Å². The van der Waals surface area contributed by atoms with Crippen molar-refractivity contribution in [2.75, 3.05) is 13.2 Å². The van der Waals surface area contributed by atoms with E-state index in [9.17, 15) is 14.4 Å². The number of ether oxygens (including phenoxy) is 3. The molecule has 0 radical (unpaired) electrons. The molecule has 0 saturated carbocycles. The maximum absolute atomic E-state index is 12.8. The van der Waals surface area contributed by atoms with Gasteiger partial charge in [0.2, 0.25) is 0 Å². The molecule has 362 valence electrons. The number of carbonyl (C=O) groups is 3. The molecule has 0 aliphatic rings. The summed E-state index contributed by atoms with van der Waals surface area (Å²) in [6, 6.07) is 0. The van der Waals surface area contributed by atoms with E-state index in [1.165, 1.54) is 167 Å². The molecule has 0 aliphatic carbocycles. The second kappa shape index (κ2) is 51.3. The van der Waals surface area contributed by atoms with E-state index < -0.39 is 6.10 Å². The Balaban J connectivity index is 4.37. The Morgan fingerprint density at radius 2 is 0.532 bits per heavy atom. The molecule has 0 aromatic carbocycles. The number of hydrogen-bond acceptors (Lipinski definition) is 6. The van der Waals surface area contributed by atoms with Crippen LogP contribution in [0.4, 0.5) is 0 Å². The van der Waals surface area contributed by atoms with E-state index in [2.05, 4.69) is 57.2 Å². The van der Waals surface area contributed by atoms with E-state index in [1.807, 2.05) is 0 Å². The molecule has 62 heavy (non-hydrogen) atoms. The largest absolute Gasteiger partial charge is 0.462 e. The molecule has 1 atom stereocenters. The highest BCUT2D eigenvalue weighted by Crippen LogP contribution is 2.15. The molecule has 0 aromatic heterocycles. The fraction of sp³-hybridized carbons (Fsp3) is 0.839. The predicted molar refractivity (Wildman–Crippen MR) is 266 cm³/mol. The molecule has 0 N–H and O–H groups in total. The summed E-state index contributed by atoms with van der Waals surface area (Å²) in [5, 5.41) is 0. The number of carbonyl (C=O) groups excluding carboxylic acids is 3. The molecule has 6 nitrogen and oxygen atoms in total. The summed E-state index contributed by atoms with van der Waals surface area (Å²) in [7, 11) is 0. The van der Waals surface area contributed by atoms with Gasteiger partial charge in [-0.15, -0.1) is 0 Å². The monoisotopic (exact) mass is 871 g/mol. The van der Waals surface area contributed by atoms with Crippen LogP contribution in [0.5, 0.6) is 0 Å². The van der Waals surface area contributed by atoms with E-state index in [1.54, 1.807) is 0 Å². The van der Waals surface area contributed by atoms with Gasteiger partial charge in [-0.25, -0.2) is 0 Å². The second-order valence-electron chi connectivity index (χ2n) is 18.1. The molecule has 0 heterocycles. The number of rotatable bonds is 49. The van der Waals surface area contributed by atoms with Crippen molar-refractivity contribution in [1.82, 2.24) is 0 Å². The number of hydrogen-bond donors (Lipinski definition) is 0. The lowest BCUT2D eigenvalue weighted by molar-refractivity contribution is -0.167. The Kier molecular flexibility index (Phi) is 49.3. The zero-order chi connectivity index (χ0) is 45.1. The molecule has 0 amide bonds. The van der Waals surface area contributed by atoms with Gasteiger partial charge in [0.25, 0.3) is 0 Å². The van der Waals surface area contributed by atoms with E-state index in [-0.39, 0.29) is 31.1 Å². The average Bonchev–Trinajstić information content (AvgIpc) is 3.27. The second-order valence-corrected chi connectivity index (χ2v) is 18.1. The van der Waals surface area contributed by atoms with Crippen LogP contribution in [0.25, 0.3) is 0 Å². The van der Waals surface area contributed by atoms with Crippen molar-refractivity contribution in [2.45, 2.75) is 290 Å². The smallest absolute Gasteiger partial charge is 0.306 e. The Morgan fingerprint density at radius 3 is 0.823 bits per heavy atom. The predicted octanol–water partition coefficient (Wildman–Crippen LogP) is 17.7. The Morgan fingerprint density at radius 1 is 0.306 bits per heavy atom. The van der Waals surface area contributed by atoms with Gasteiger partial charge in [0.05, 0.1) is 0 Å². The van der Waals surface area contributed by atoms with Gasteiger partial charge in [0.1, 0.15) is 13.2 Å². The maximum atomic E-state index is 12.8. The summed E-state index contributed by atoms with van der Waals surface area (Å²) in [6.07, 6.45) is 59.8. The normalized spacial score (nSPS) is 12.2. The topological polar surface area (TPSA) is 78.9 Å². The minimum atomic E-state index is -0.779. The van der Waals surface area contributed by atoms with E-state index in [0.717, 1.165) is 77.0 Å². The van der Waals surface area contributed by atoms with Gasteiger partial charge in [0, 0.05) is 19.3 Å². The number of esters is 3. The molecule has 0 bridgehead atoms. The number of unbranched alkanes of at least 4 members (excludes halogenated alkanes) is 32. The van der Waals surface area contributed by atoms with Crippen LogP contribution in [-0.2, 0) is 28.6 Å². The van der Waals surface area contributed by atoms with Crippen molar-refractivity contribution in [3.05, 3.63) is 36.5 Å². The van der Waals surface area contributed by atoms with Gasteiger partial charge in [-0.2, -0.15) is 0 Å². The summed E-state index contributed by atoms with van der Waals surface area (Å²) < 4.78 is 16.8. The lowest BCUT2D eigenvalue weighted by atomic mass is 10.1. The minimum absolute atomic E-state index is 0.0787. The standard InChI is InChI=1S/C56H102O6/c1-4-7-10-13-16-19-22-25-27-28-29-32-34-37-40-43-46-49-55(58)61-52-53(51-60-54(57)48-45-42-39-36-33-30-24-21-18-15-12-9-6-3)62-56(59)50-47-44-41-38-35-31-26-23-20-17-14-11-8-5-2/h21,23-27,53H,4-20,22,28-52H2,1-3H3/b24-21-,26-23-,27-25-/t53-/m1/s1. The van der Waals surface area contributed by atoms with Gasteiger partial charge in [-0.05, 0) is 96.3 Å². The van der Waals surface area contributed by atoms with Gasteiger partial charge in [0.15, 0.2) is 6.10 Å². The zero-order valence-corrected chi connectivity index (χ0v) is 41.4. The number of allylic oxidation sites excluding steroid dienone is 6. The molecule has 0 fully saturated rings. The third-order valence-electron chi connectivity index (χ3n) is 11.8. The van der Waals surface area contributed by atoms with Crippen molar-refractivity contribution in [3.8, 4) is 0 Å². The quantitative estimate of drug-likeness (QED) is 0.0262. The van der Waals surface area contributed by atoms with Crippen LogP contribution in [0.2, 0.25) is 0 Å². The highest BCUT2D eigenvalue weighted by atomic mass is 16.6. The van der Waals surface area contributed by atoms with E-state index in [0.29, 0.717) is 19.3 Å². The molecule has 0 saturated heterocycles. The van der Waals surface area contributed by atoms with Crippen LogP contribution < -0.4 is 0 Å². The fourth-order valence-corrected chi connectivity index (χ4v) is 7.72. The van der Waals surface area contributed by atoms with Crippen LogP contribution in [0, 0.1) is 0 Å². The molecule has 0 aromatic rings. The molecule has 0 spiro atoms. The van der Waals surface area contributed by atoms with Gasteiger partial charge < -0.3 is 14.2 Å².